The van der Waals surface area contributed by atoms with Gasteiger partial charge in [-0.1, -0.05) is 19.1 Å². The van der Waals surface area contributed by atoms with Crippen LogP contribution in [-0.2, 0) is 0 Å². The van der Waals surface area contributed by atoms with Gasteiger partial charge < -0.3 is 0 Å². The van der Waals surface area contributed by atoms with Gasteiger partial charge in [0.15, 0.2) is 5.78 Å². The largest absolute Gasteiger partial charge is 0.298 e. The van der Waals surface area contributed by atoms with E-state index in [1.54, 1.807) is 18.2 Å². The lowest BCUT2D eigenvalue weighted by atomic mass is 10.1. The van der Waals surface area contributed by atoms with Crippen molar-refractivity contribution in [3.8, 4) is 0 Å². The maximum atomic E-state index is 13.5. The first-order valence-corrected chi connectivity index (χ1v) is 7.78. The minimum Gasteiger partial charge on any atom is -0.298 e. The van der Waals surface area contributed by atoms with Gasteiger partial charge in [-0.15, -0.1) is 0 Å². The molecule has 4 heteroatoms. The van der Waals surface area contributed by atoms with Crippen molar-refractivity contribution in [2.24, 2.45) is 0 Å². The SMILES string of the molecule is CC1SCCN(CCC(=O)c2ccccc2F)C1C. The Labute approximate surface area is 118 Å². The predicted molar refractivity (Wildman–Crippen MR) is 78.3 cm³/mol. The summed E-state index contributed by atoms with van der Waals surface area (Å²) in [4.78, 5) is 14.4. The second-order valence-electron chi connectivity index (χ2n) is 5.01. The number of nitrogens with zero attached hydrogens (tertiary/aromatic N) is 1. The first-order valence-electron chi connectivity index (χ1n) is 6.73. The van der Waals surface area contributed by atoms with Crippen molar-refractivity contribution in [2.45, 2.75) is 31.6 Å². The Balaban J connectivity index is 1.92. The van der Waals surface area contributed by atoms with E-state index in [0.29, 0.717) is 17.7 Å². The van der Waals surface area contributed by atoms with Crippen molar-refractivity contribution in [1.82, 2.24) is 4.90 Å². The summed E-state index contributed by atoms with van der Waals surface area (Å²) in [6.07, 6.45) is 0.392. The lowest BCUT2D eigenvalue weighted by Crippen LogP contribution is -2.45. The van der Waals surface area contributed by atoms with Crippen LogP contribution < -0.4 is 0 Å². The number of hydrogen-bond acceptors (Lipinski definition) is 3. The van der Waals surface area contributed by atoms with Crippen LogP contribution in [0.5, 0.6) is 0 Å². The van der Waals surface area contributed by atoms with E-state index >= 15 is 0 Å². The fraction of sp³-hybridized carbons (Fsp3) is 0.533. The molecule has 1 saturated heterocycles. The quantitative estimate of drug-likeness (QED) is 0.790. The van der Waals surface area contributed by atoms with E-state index in [9.17, 15) is 9.18 Å². The Bertz CT molecular complexity index is 452. The zero-order valence-electron chi connectivity index (χ0n) is 11.4. The van der Waals surface area contributed by atoms with E-state index in [2.05, 4.69) is 18.7 Å². The molecule has 1 aliphatic heterocycles. The highest BCUT2D eigenvalue weighted by Gasteiger charge is 2.25. The summed E-state index contributed by atoms with van der Waals surface area (Å²) in [5.74, 6) is 0.596. The Kier molecular flexibility index (Phi) is 4.99. The Morgan fingerprint density at radius 1 is 1.42 bits per heavy atom. The number of Topliss-reactive ketones (excluding diaryl/α,β-unsaturated/α-hetero) is 1. The number of carbonyl (C=O) groups is 1. The number of rotatable bonds is 4. The van der Waals surface area contributed by atoms with Gasteiger partial charge >= 0.3 is 0 Å². The maximum absolute atomic E-state index is 13.5. The van der Waals surface area contributed by atoms with Crippen LogP contribution in [0.2, 0.25) is 0 Å². The standard InChI is InChI=1S/C15H20FNOS/c1-11-12(2)19-10-9-17(11)8-7-15(18)13-5-3-4-6-14(13)16/h3-6,11-12H,7-10H2,1-2H3. The highest BCUT2D eigenvalue weighted by Crippen LogP contribution is 2.24. The molecule has 19 heavy (non-hydrogen) atoms. The molecule has 0 spiro atoms. The summed E-state index contributed by atoms with van der Waals surface area (Å²) in [5.41, 5.74) is 0.217. The van der Waals surface area contributed by atoms with Crippen molar-refractivity contribution in [1.29, 1.82) is 0 Å². The predicted octanol–water partition coefficient (Wildman–Crippen LogP) is 3.22. The van der Waals surface area contributed by atoms with E-state index < -0.39 is 5.82 Å². The van der Waals surface area contributed by atoms with Crippen LogP contribution in [0.25, 0.3) is 0 Å². The van der Waals surface area contributed by atoms with Gasteiger partial charge in [-0.05, 0) is 19.1 Å². The third-order valence-electron chi connectivity index (χ3n) is 3.81. The zero-order chi connectivity index (χ0) is 13.8. The molecule has 0 aromatic heterocycles. The number of hydrogen-bond donors (Lipinski definition) is 0. The van der Waals surface area contributed by atoms with Crippen LogP contribution in [0.15, 0.2) is 24.3 Å². The van der Waals surface area contributed by atoms with Crippen molar-refractivity contribution < 1.29 is 9.18 Å². The van der Waals surface area contributed by atoms with Gasteiger partial charge in [0.2, 0.25) is 0 Å². The molecule has 2 atom stereocenters. The van der Waals surface area contributed by atoms with E-state index in [1.807, 2.05) is 11.8 Å². The minimum absolute atomic E-state index is 0.101. The first-order chi connectivity index (χ1) is 9.09. The van der Waals surface area contributed by atoms with Crippen molar-refractivity contribution in [3.05, 3.63) is 35.6 Å². The molecule has 104 valence electrons. The summed E-state index contributed by atoms with van der Waals surface area (Å²) in [7, 11) is 0. The molecule has 1 aromatic carbocycles. The number of ketones is 1. The second kappa shape index (κ2) is 6.53. The van der Waals surface area contributed by atoms with Crippen LogP contribution in [-0.4, -0.2) is 40.8 Å². The van der Waals surface area contributed by atoms with Crippen LogP contribution in [0.3, 0.4) is 0 Å². The molecule has 0 aliphatic carbocycles. The van der Waals surface area contributed by atoms with Gasteiger partial charge in [0, 0.05) is 36.6 Å². The fourth-order valence-electron chi connectivity index (χ4n) is 2.38. The summed E-state index contributed by atoms with van der Waals surface area (Å²) in [6.45, 7) is 6.16. The lowest BCUT2D eigenvalue weighted by Gasteiger charge is -2.37. The monoisotopic (exact) mass is 281 g/mol. The van der Waals surface area contributed by atoms with E-state index in [0.717, 1.165) is 18.8 Å². The molecule has 2 nitrogen and oxygen atoms in total. The maximum Gasteiger partial charge on any atom is 0.167 e. The van der Waals surface area contributed by atoms with Gasteiger partial charge in [-0.2, -0.15) is 11.8 Å². The van der Waals surface area contributed by atoms with Gasteiger partial charge in [0.1, 0.15) is 5.82 Å². The van der Waals surface area contributed by atoms with Gasteiger partial charge in [-0.3, -0.25) is 9.69 Å². The van der Waals surface area contributed by atoms with Crippen molar-refractivity contribution in [2.75, 3.05) is 18.8 Å². The molecular formula is C15H20FNOS. The zero-order valence-corrected chi connectivity index (χ0v) is 12.3. The van der Waals surface area contributed by atoms with Crippen molar-refractivity contribution in [3.63, 3.8) is 0 Å². The third-order valence-corrected chi connectivity index (χ3v) is 5.15. The number of benzene rings is 1. The first kappa shape index (κ1) is 14.5. The lowest BCUT2D eigenvalue weighted by molar-refractivity contribution is 0.0950. The summed E-state index contributed by atoms with van der Waals surface area (Å²) in [6, 6.07) is 6.70. The molecule has 0 saturated carbocycles. The van der Waals surface area contributed by atoms with Crippen molar-refractivity contribution >= 4 is 17.5 Å². The Hall–Kier alpha value is -0.870. The number of halogens is 1. The smallest absolute Gasteiger partial charge is 0.167 e. The number of carbonyl (C=O) groups excluding carboxylic acids is 1. The minimum atomic E-state index is -0.414. The molecule has 0 amide bonds. The van der Waals surface area contributed by atoms with Crippen LogP contribution >= 0.6 is 11.8 Å². The van der Waals surface area contributed by atoms with E-state index in [-0.39, 0.29) is 11.3 Å². The topological polar surface area (TPSA) is 20.3 Å². The average molecular weight is 281 g/mol. The highest BCUT2D eigenvalue weighted by atomic mass is 32.2. The van der Waals surface area contributed by atoms with Gasteiger partial charge in [0.25, 0.3) is 0 Å². The Morgan fingerprint density at radius 3 is 2.89 bits per heavy atom. The second-order valence-corrected chi connectivity index (χ2v) is 6.49. The highest BCUT2D eigenvalue weighted by molar-refractivity contribution is 8.00. The van der Waals surface area contributed by atoms with Crippen LogP contribution in [0.1, 0.15) is 30.6 Å². The van der Waals surface area contributed by atoms with Gasteiger partial charge in [0.05, 0.1) is 5.56 Å². The molecule has 1 aromatic rings. The third kappa shape index (κ3) is 3.57. The van der Waals surface area contributed by atoms with E-state index in [1.165, 1.54) is 6.07 Å². The molecule has 2 unspecified atom stereocenters. The molecule has 0 bridgehead atoms. The molecular weight excluding hydrogens is 261 g/mol. The normalized spacial score (nSPS) is 24.4. The van der Waals surface area contributed by atoms with Crippen LogP contribution in [0.4, 0.5) is 4.39 Å². The average Bonchev–Trinajstić information content (AvgIpc) is 2.40. The summed E-state index contributed by atoms with van der Waals surface area (Å²) in [5, 5.41) is 0.595. The molecule has 1 aliphatic rings. The summed E-state index contributed by atoms with van der Waals surface area (Å²) >= 11 is 1.98. The van der Waals surface area contributed by atoms with E-state index in [4.69, 9.17) is 0 Å². The van der Waals surface area contributed by atoms with Crippen LogP contribution in [0, 0.1) is 5.82 Å². The molecule has 0 radical (unpaired) electrons. The molecule has 1 fully saturated rings. The number of thioether (sulfide) groups is 1. The summed E-state index contributed by atoms with van der Waals surface area (Å²) < 4.78 is 13.5. The molecule has 0 N–H and O–H groups in total. The Morgan fingerprint density at radius 2 is 2.16 bits per heavy atom. The fourth-order valence-corrected chi connectivity index (χ4v) is 3.54. The molecule has 1 heterocycles. The van der Waals surface area contributed by atoms with Gasteiger partial charge in [-0.25, -0.2) is 4.39 Å². The molecule has 2 rings (SSSR count).